The van der Waals surface area contributed by atoms with Crippen LogP contribution in [0.1, 0.15) is 38.2 Å². The van der Waals surface area contributed by atoms with Gasteiger partial charge in [0.05, 0.1) is 6.61 Å². The van der Waals surface area contributed by atoms with Crippen LogP contribution >= 0.6 is 0 Å². The van der Waals surface area contributed by atoms with Gasteiger partial charge in [0.25, 0.3) is 0 Å². The number of nitrogens with one attached hydrogen (secondary N) is 2. The van der Waals surface area contributed by atoms with Crippen LogP contribution in [0, 0.1) is 0 Å². The highest BCUT2D eigenvalue weighted by atomic mass is 16.5. The van der Waals surface area contributed by atoms with Gasteiger partial charge in [0.15, 0.2) is 5.96 Å². The van der Waals surface area contributed by atoms with E-state index in [0.717, 1.165) is 44.9 Å². The number of carbonyl (C=O) groups excluding carboxylic acids is 1. The van der Waals surface area contributed by atoms with Crippen LogP contribution in [0.25, 0.3) is 0 Å². The first-order chi connectivity index (χ1) is 12.7. The van der Waals surface area contributed by atoms with Crippen molar-refractivity contribution >= 4 is 11.9 Å². The second-order valence-corrected chi connectivity index (χ2v) is 6.59. The smallest absolute Gasteiger partial charge is 0.305 e. The molecule has 0 aromatic heterocycles. The summed E-state index contributed by atoms with van der Waals surface area (Å²) in [7, 11) is 1.78. The molecule has 26 heavy (non-hydrogen) atoms. The highest BCUT2D eigenvalue weighted by Gasteiger charge is 2.19. The molecule has 1 aromatic carbocycles. The van der Waals surface area contributed by atoms with Crippen molar-refractivity contribution in [3.8, 4) is 0 Å². The van der Waals surface area contributed by atoms with Gasteiger partial charge in [-0.25, -0.2) is 0 Å². The van der Waals surface area contributed by atoms with Gasteiger partial charge in [-0.05, 0) is 31.7 Å². The number of hydrogen-bond acceptors (Lipinski definition) is 4. The largest absolute Gasteiger partial charge is 0.466 e. The molecule has 0 bridgehead atoms. The zero-order valence-electron chi connectivity index (χ0n) is 16.0. The third kappa shape index (κ3) is 7.44. The van der Waals surface area contributed by atoms with Gasteiger partial charge in [-0.15, -0.1) is 0 Å². The minimum absolute atomic E-state index is 0.136. The van der Waals surface area contributed by atoms with Gasteiger partial charge in [0.2, 0.25) is 0 Å². The molecule has 0 amide bonds. The number of aliphatic imine (C=N–C) groups is 1. The number of guanidine groups is 1. The van der Waals surface area contributed by atoms with E-state index in [2.05, 4.69) is 50.9 Å². The Morgan fingerprint density at radius 2 is 2.00 bits per heavy atom. The lowest BCUT2D eigenvalue weighted by molar-refractivity contribution is -0.143. The monoisotopic (exact) mass is 360 g/mol. The zero-order chi connectivity index (χ0) is 18.6. The maximum absolute atomic E-state index is 11.3. The van der Waals surface area contributed by atoms with E-state index >= 15 is 0 Å². The van der Waals surface area contributed by atoms with Crippen LogP contribution in [-0.2, 0) is 16.1 Å². The van der Waals surface area contributed by atoms with E-state index in [1.165, 1.54) is 5.56 Å². The molecule has 1 saturated heterocycles. The maximum Gasteiger partial charge on any atom is 0.305 e. The Labute approximate surface area is 157 Å². The van der Waals surface area contributed by atoms with Crippen molar-refractivity contribution in [1.82, 2.24) is 15.5 Å². The third-order valence-corrected chi connectivity index (χ3v) is 4.56. The molecule has 0 saturated carbocycles. The van der Waals surface area contributed by atoms with Gasteiger partial charge in [0, 0.05) is 45.7 Å². The molecule has 1 aliphatic heterocycles. The standard InChI is InChI=1S/C20H32N4O2/c1-3-26-19(25)10-7-13-22-20(21-2)23-18-11-14-24(15-12-18)16-17-8-5-4-6-9-17/h4-6,8-9,18H,3,7,10-16H2,1-2H3,(H2,21,22,23). The van der Waals surface area contributed by atoms with E-state index < -0.39 is 0 Å². The summed E-state index contributed by atoms with van der Waals surface area (Å²) in [6.07, 6.45) is 3.40. The molecule has 1 heterocycles. The van der Waals surface area contributed by atoms with E-state index in [1.54, 1.807) is 7.05 Å². The van der Waals surface area contributed by atoms with E-state index in [0.29, 0.717) is 25.6 Å². The van der Waals surface area contributed by atoms with Crippen LogP contribution in [0.3, 0.4) is 0 Å². The van der Waals surface area contributed by atoms with Crippen LogP contribution < -0.4 is 10.6 Å². The molecule has 144 valence electrons. The number of hydrogen-bond donors (Lipinski definition) is 2. The number of benzene rings is 1. The van der Waals surface area contributed by atoms with Crippen LogP contribution in [-0.4, -0.2) is 56.2 Å². The molecule has 0 aliphatic carbocycles. The highest BCUT2D eigenvalue weighted by molar-refractivity contribution is 5.80. The molecule has 1 aliphatic rings. The van der Waals surface area contributed by atoms with Gasteiger partial charge < -0.3 is 15.4 Å². The Bertz CT molecular complexity index is 554. The fourth-order valence-electron chi connectivity index (χ4n) is 3.14. The number of ether oxygens (including phenoxy) is 1. The Balaban J connectivity index is 1.63. The Morgan fingerprint density at radius 3 is 2.65 bits per heavy atom. The predicted molar refractivity (Wildman–Crippen MR) is 105 cm³/mol. The van der Waals surface area contributed by atoms with Crippen LogP contribution in [0.4, 0.5) is 0 Å². The van der Waals surface area contributed by atoms with E-state index in [1.807, 2.05) is 6.92 Å². The molecule has 6 heteroatoms. The SMILES string of the molecule is CCOC(=O)CCCNC(=NC)NC1CCN(Cc2ccccc2)CC1. The average Bonchev–Trinajstić information content (AvgIpc) is 2.66. The average molecular weight is 361 g/mol. The molecule has 2 rings (SSSR count). The summed E-state index contributed by atoms with van der Waals surface area (Å²) >= 11 is 0. The minimum atomic E-state index is -0.136. The van der Waals surface area contributed by atoms with Gasteiger partial charge in [-0.1, -0.05) is 30.3 Å². The van der Waals surface area contributed by atoms with Crippen molar-refractivity contribution in [2.24, 2.45) is 4.99 Å². The highest BCUT2D eigenvalue weighted by Crippen LogP contribution is 2.13. The molecule has 0 atom stereocenters. The van der Waals surface area contributed by atoms with Gasteiger partial charge in [0.1, 0.15) is 0 Å². The van der Waals surface area contributed by atoms with Crippen molar-refractivity contribution in [1.29, 1.82) is 0 Å². The van der Waals surface area contributed by atoms with Crippen molar-refractivity contribution in [3.05, 3.63) is 35.9 Å². The molecular weight excluding hydrogens is 328 g/mol. The number of carbonyl (C=O) groups is 1. The number of likely N-dealkylation sites (tertiary alicyclic amines) is 1. The quantitative estimate of drug-likeness (QED) is 0.322. The molecule has 6 nitrogen and oxygen atoms in total. The van der Waals surface area contributed by atoms with Crippen molar-refractivity contribution in [2.45, 2.75) is 45.2 Å². The molecule has 0 radical (unpaired) electrons. The summed E-state index contributed by atoms with van der Waals surface area (Å²) < 4.78 is 4.93. The molecule has 2 N–H and O–H groups in total. The molecular formula is C20H32N4O2. The lowest BCUT2D eigenvalue weighted by atomic mass is 10.0. The second kappa shape index (κ2) is 11.5. The summed E-state index contributed by atoms with van der Waals surface area (Å²) in [4.78, 5) is 18.1. The number of esters is 1. The molecule has 0 unspecified atom stereocenters. The normalized spacial score (nSPS) is 16.3. The van der Waals surface area contributed by atoms with Crippen LogP contribution in [0.15, 0.2) is 35.3 Å². The van der Waals surface area contributed by atoms with Crippen LogP contribution in [0.2, 0.25) is 0 Å². The summed E-state index contributed by atoms with van der Waals surface area (Å²) in [5.74, 6) is 0.679. The predicted octanol–water partition coefficient (Wildman–Crippen LogP) is 2.16. The summed E-state index contributed by atoms with van der Waals surface area (Å²) in [6, 6.07) is 11.1. The number of piperidine rings is 1. The van der Waals surface area contributed by atoms with Crippen molar-refractivity contribution < 1.29 is 9.53 Å². The number of nitrogens with zero attached hydrogens (tertiary/aromatic N) is 2. The first-order valence-corrected chi connectivity index (χ1v) is 9.60. The van der Waals surface area contributed by atoms with Gasteiger partial charge in [-0.2, -0.15) is 0 Å². The summed E-state index contributed by atoms with van der Waals surface area (Å²) in [6.45, 7) is 6.18. The molecule has 1 aromatic rings. The Morgan fingerprint density at radius 1 is 1.27 bits per heavy atom. The van der Waals surface area contributed by atoms with Gasteiger partial charge >= 0.3 is 5.97 Å². The lowest BCUT2D eigenvalue weighted by Crippen LogP contribution is -2.48. The first-order valence-electron chi connectivity index (χ1n) is 9.60. The molecule has 1 fully saturated rings. The second-order valence-electron chi connectivity index (χ2n) is 6.59. The summed E-state index contributed by atoms with van der Waals surface area (Å²) in [5.41, 5.74) is 1.37. The fourth-order valence-corrected chi connectivity index (χ4v) is 3.14. The Kier molecular flexibility index (Phi) is 8.96. The van der Waals surface area contributed by atoms with Crippen molar-refractivity contribution in [3.63, 3.8) is 0 Å². The van der Waals surface area contributed by atoms with Gasteiger partial charge in [-0.3, -0.25) is 14.7 Å². The number of rotatable bonds is 8. The topological polar surface area (TPSA) is 66.0 Å². The fraction of sp³-hybridized carbons (Fsp3) is 0.600. The zero-order valence-corrected chi connectivity index (χ0v) is 16.0. The van der Waals surface area contributed by atoms with Crippen molar-refractivity contribution in [2.75, 3.05) is 33.3 Å². The third-order valence-electron chi connectivity index (χ3n) is 4.56. The minimum Gasteiger partial charge on any atom is -0.466 e. The van der Waals surface area contributed by atoms with E-state index in [-0.39, 0.29) is 5.97 Å². The van der Waals surface area contributed by atoms with Crippen LogP contribution in [0.5, 0.6) is 0 Å². The maximum atomic E-state index is 11.3. The first kappa shape index (κ1) is 20.2. The van der Waals surface area contributed by atoms with E-state index in [4.69, 9.17) is 4.74 Å². The summed E-state index contributed by atoms with van der Waals surface area (Å²) in [5, 5.41) is 6.78. The Hall–Kier alpha value is -2.08. The lowest BCUT2D eigenvalue weighted by Gasteiger charge is -2.33. The molecule has 0 spiro atoms. The van der Waals surface area contributed by atoms with E-state index in [9.17, 15) is 4.79 Å².